The van der Waals surface area contributed by atoms with Crippen LogP contribution in [0.1, 0.15) is 29.8 Å². The number of hydrogen-bond donors (Lipinski definition) is 3. The molecule has 6 nitrogen and oxygen atoms in total. The largest absolute Gasteiger partial charge is 0.390 e. The van der Waals surface area contributed by atoms with Crippen LogP contribution in [-0.2, 0) is 0 Å². The second-order valence-corrected chi connectivity index (χ2v) is 7.11. The minimum Gasteiger partial charge on any atom is -0.390 e. The summed E-state index contributed by atoms with van der Waals surface area (Å²) >= 11 is 0. The number of hydrogen-bond acceptors (Lipinski definition) is 5. The van der Waals surface area contributed by atoms with Crippen molar-refractivity contribution in [2.75, 3.05) is 0 Å². The average molecular weight is 393 g/mol. The van der Waals surface area contributed by atoms with E-state index in [0.717, 1.165) is 11.1 Å². The molecule has 3 N–H and O–H groups in total. The monoisotopic (exact) mass is 393 g/mol. The van der Waals surface area contributed by atoms with Gasteiger partial charge in [-0.3, -0.25) is 0 Å². The molecule has 1 aliphatic carbocycles. The minimum absolute atomic E-state index is 0.122. The lowest BCUT2D eigenvalue weighted by atomic mass is 9.92. The summed E-state index contributed by atoms with van der Waals surface area (Å²) in [5, 5.41) is 32.4. The van der Waals surface area contributed by atoms with E-state index >= 15 is 0 Å². The SMILES string of the molecule is Cc1ncnc2c1ccn2[C@@H]1C[C@H]([C@@H](O)c2cc(F)c(F)c(F)c2)[C@@H](O)[C@H]1O. The van der Waals surface area contributed by atoms with Crippen LogP contribution >= 0.6 is 0 Å². The van der Waals surface area contributed by atoms with Crippen molar-refractivity contribution >= 4 is 11.0 Å². The van der Waals surface area contributed by atoms with Crippen molar-refractivity contribution in [2.45, 2.75) is 37.7 Å². The Hall–Kier alpha value is -2.49. The number of aryl methyl sites for hydroxylation is 1. The fraction of sp³-hybridized carbons (Fsp3) is 0.368. The molecule has 9 heteroatoms. The van der Waals surface area contributed by atoms with Crippen molar-refractivity contribution < 1.29 is 28.5 Å². The summed E-state index contributed by atoms with van der Waals surface area (Å²) in [5.41, 5.74) is 1.12. The van der Waals surface area contributed by atoms with Gasteiger partial charge in [0, 0.05) is 17.5 Å². The molecule has 4 rings (SSSR count). The van der Waals surface area contributed by atoms with Crippen LogP contribution in [0.2, 0.25) is 0 Å². The fourth-order valence-corrected chi connectivity index (χ4v) is 3.99. The maximum absolute atomic E-state index is 13.5. The quantitative estimate of drug-likeness (QED) is 0.594. The first-order valence-electron chi connectivity index (χ1n) is 8.76. The predicted octanol–water partition coefficient (Wildman–Crippen LogP) is 2.17. The molecule has 1 fully saturated rings. The maximum Gasteiger partial charge on any atom is 0.194 e. The average Bonchev–Trinajstić information content (AvgIpc) is 3.21. The highest BCUT2D eigenvalue weighted by Crippen LogP contribution is 2.43. The van der Waals surface area contributed by atoms with Gasteiger partial charge in [0.1, 0.15) is 18.1 Å². The molecule has 3 aromatic rings. The van der Waals surface area contributed by atoms with Crippen LogP contribution in [0.4, 0.5) is 13.2 Å². The van der Waals surface area contributed by atoms with Gasteiger partial charge in [0.15, 0.2) is 17.5 Å². The molecule has 1 saturated carbocycles. The minimum atomic E-state index is -1.63. The number of aliphatic hydroxyl groups excluding tert-OH is 3. The topological polar surface area (TPSA) is 91.4 Å². The Bertz CT molecular complexity index is 1020. The van der Waals surface area contributed by atoms with E-state index in [1.165, 1.54) is 6.33 Å². The van der Waals surface area contributed by atoms with Crippen LogP contribution in [-0.4, -0.2) is 42.1 Å². The van der Waals surface area contributed by atoms with E-state index in [2.05, 4.69) is 9.97 Å². The van der Waals surface area contributed by atoms with Gasteiger partial charge in [0.05, 0.1) is 23.9 Å². The second-order valence-electron chi connectivity index (χ2n) is 7.11. The van der Waals surface area contributed by atoms with Crippen LogP contribution in [0.15, 0.2) is 30.7 Å². The Morgan fingerprint density at radius 1 is 1.11 bits per heavy atom. The lowest BCUT2D eigenvalue weighted by Gasteiger charge is -2.22. The first-order valence-corrected chi connectivity index (χ1v) is 8.76. The van der Waals surface area contributed by atoms with Crippen LogP contribution in [0, 0.1) is 30.3 Å². The smallest absolute Gasteiger partial charge is 0.194 e. The van der Waals surface area contributed by atoms with Crippen molar-refractivity contribution in [3.8, 4) is 0 Å². The molecule has 0 bridgehead atoms. The molecule has 0 spiro atoms. The fourth-order valence-electron chi connectivity index (χ4n) is 3.99. The molecule has 5 atom stereocenters. The summed E-state index contributed by atoms with van der Waals surface area (Å²) < 4.78 is 41.9. The van der Waals surface area contributed by atoms with Gasteiger partial charge in [-0.15, -0.1) is 0 Å². The van der Waals surface area contributed by atoms with E-state index in [-0.39, 0.29) is 12.0 Å². The molecule has 1 aliphatic rings. The number of halogens is 3. The van der Waals surface area contributed by atoms with Crippen molar-refractivity contribution in [1.29, 1.82) is 0 Å². The molecular weight excluding hydrogens is 375 g/mol. The summed E-state index contributed by atoms with van der Waals surface area (Å²) in [6.07, 6.45) is -0.854. The van der Waals surface area contributed by atoms with Crippen LogP contribution < -0.4 is 0 Å². The van der Waals surface area contributed by atoms with Gasteiger partial charge in [0.2, 0.25) is 0 Å². The molecule has 0 aliphatic heterocycles. The highest BCUT2D eigenvalue weighted by Gasteiger charge is 2.46. The Morgan fingerprint density at radius 3 is 2.46 bits per heavy atom. The molecule has 28 heavy (non-hydrogen) atoms. The number of nitrogens with zero attached hydrogens (tertiary/aromatic N) is 3. The number of aliphatic hydroxyl groups is 3. The predicted molar refractivity (Wildman–Crippen MR) is 92.7 cm³/mol. The molecular formula is C19H18F3N3O3. The van der Waals surface area contributed by atoms with Crippen molar-refractivity contribution in [3.63, 3.8) is 0 Å². The highest BCUT2D eigenvalue weighted by atomic mass is 19.2. The Balaban J connectivity index is 1.67. The lowest BCUT2D eigenvalue weighted by molar-refractivity contribution is -0.0266. The van der Waals surface area contributed by atoms with E-state index < -0.39 is 47.7 Å². The standard InChI is InChI=1S/C19H18F3N3O3/c1-8-10-2-3-25(19(10)24-7-23-8)14-6-11(17(27)18(14)28)16(26)9-4-12(20)15(22)13(21)5-9/h2-5,7,11,14,16-18,26-28H,6H2,1H3/t11-,14-,16+,17-,18+/m1/s1. The van der Waals surface area contributed by atoms with Crippen molar-refractivity contribution in [1.82, 2.24) is 14.5 Å². The molecule has 2 aromatic heterocycles. The molecule has 0 saturated heterocycles. The summed E-state index contributed by atoms with van der Waals surface area (Å²) in [4.78, 5) is 8.33. The van der Waals surface area contributed by atoms with Gasteiger partial charge in [-0.1, -0.05) is 0 Å². The number of fused-ring (bicyclic) bond motifs is 1. The van der Waals surface area contributed by atoms with Gasteiger partial charge in [-0.2, -0.15) is 0 Å². The zero-order chi connectivity index (χ0) is 20.2. The molecule has 1 aromatic carbocycles. The van der Waals surface area contributed by atoms with E-state index in [9.17, 15) is 28.5 Å². The second kappa shape index (κ2) is 6.84. The number of aromatic nitrogens is 3. The Morgan fingerprint density at radius 2 is 1.79 bits per heavy atom. The van der Waals surface area contributed by atoms with E-state index in [0.29, 0.717) is 17.8 Å². The molecule has 0 amide bonds. The van der Waals surface area contributed by atoms with E-state index in [1.807, 2.05) is 6.92 Å². The first kappa shape index (κ1) is 18.9. The van der Waals surface area contributed by atoms with Crippen molar-refractivity contribution in [3.05, 3.63) is 59.4 Å². The maximum atomic E-state index is 13.5. The Labute approximate surface area is 157 Å². The lowest BCUT2D eigenvalue weighted by Crippen LogP contribution is -2.31. The summed E-state index contributed by atoms with van der Waals surface area (Å²) in [7, 11) is 0. The van der Waals surface area contributed by atoms with Gasteiger partial charge in [-0.25, -0.2) is 23.1 Å². The van der Waals surface area contributed by atoms with Crippen LogP contribution in [0.5, 0.6) is 0 Å². The third-order valence-corrected chi connectivity index (χ3v) is 5.52. The van der Waals surface area contributed by atoms with E-state index in [1.54, 1.807) is 16.8 Å². The van der Waals surface area contributed by atoms with Crippen molar-refractivity contribution in [2.24, 2.45) is 5.92 Å². The summed E-state index contributed by atoms with van der Waals surface area (Å²) in [6.45, 7) is 1.82. The summed E-state index contributed by atoms with van der Waals surface area (Å²) in [5.74, 6) is -5.40. The first-order chi connectivity index (χ1) is 13.3. The number of benzene rings is 1. The molecule has 148 valence electrons. The van der Waals surface area contributed by atoms with Crippen LogP contribution in [0.3, 0.4) is 0 Å². The van der Waals surface area contributed by atoms with Gasteiger partial charge >= 0.3 is 0 Å². The Kier molecular flexibility index (Phi) is 4.60. The van der Waals surface area contributed by atoms with E-state index in [4.69, 9.17) is 0 Å². The van der Waals surface area contributed by atoms with Crippen LogP contribution in [0.25, 0.3) is 11.0 Å². The normalized spacial score (nSPS) is 26.1. The van der Waals surface area contributed by atoms with Gasteiger partial charge in [-0.05, 0) is 37.1 Å². The third kappa shape index (κ3) is 2.86. The molecule has 0 radical (unpaired) electrons. The third-order valence-electron chi connectivity index (χ3n) is 5.52. The number of rotatable bonds is 3. The molecule has 2 heterocycles. The zero-order valence-electron chi connectivity index (χ0n) is 14.8. The van der Waals surface area contributed by atoms with Gasteiger partial charge in [0.25, 0.3) is 0 Å². The zero-order valence-corrected chi connectivity index (χ0v) is 14.8. The van der Waals surface area contributed by atoms with Gasteiger partial charge < -0.3 is 19.9 Å². The summed E-state index contributed by atoms with van der Waals surface area (Å²) in [6, 6.07) is 2.56. The molecule has 0 unspecified atom stereocenters. The highest BCUT2D eigenvalue weighted by molar-refractivity contribution is 5.78.